The van der Waals surface area contributed by atoms with Crippen LogP contribution in [0.1, 0.15) is 50.5 Å². The maximum absolute atomic E-state index is 12.4. The van der Waals surface area contributed by atoms with E-state index in [0.29, 0.717) is 0 Å². The molecule has 2 aliphatic rings. The molecule has 1 aliphatic carbocycles. The molecular weight excluding hydrogens is 402 g/mol. The third kappa shape index (κ3) is 5.76. The lowest BCUT2D eigenvalue weighted by molar-refractivity contribution is -0.125. The third-order valence-corrected chi connectivity index (χ3v) is 6.66. The summed E-state index contributed by atoms with van der Waals surface area (Å²) in [6, 6.07) is 8.25. The summed E-state index contributed by atoms with van der Waals surface area (Å²) < 4.78 is 0. The maximum Gasteiger partial charge on any atom is 0.224 e. The summed E-state index contributed by atoms with van der Waals surface area (Å²) in [6.45, 7) is 6.14. The predicted octanol–water partition coefficient (Wildman–Crippen LogP) is 3.46. The maximum atomic E-state index is 12.4. The number of likely N-dealkylation sites (N-methyl/N-ethyl adjacent to an activating group) is 1. The molecule has 0 atom stereocenters. The highest BCUT2D eigenvalue weighted by Crippen LogP contribution is 2.26. The van der Waals surface area contributed by atoms with E-state index in [9.17, 15) is 9.59 Å². The van der Waals surface area contributed by atoms with E-state index in [-0.39, 0.29) is 30.7 Å². The molecule has 0 unspecified atom stereocenters. The number of pyridine rings is 1. The van der Waals surface area contributed by atoms with Gasteiger partial charge in [-0.1, -0.05) is 19.3 Å². The van der Waals surface area contributed by atoms with E-state index in [2.05, 4.69) is 40.5 Å². The Balaban J connectivity index is 1.34. The van der Waals surface area contributed by atoms with Crippen molar-refractivity contribution in [3.8, 4) is 0 Å². The molecule has 172 valence electrons. The highest BCUT2D eigenvalue weighted by atomic mass is 16.2. The zero-order valence-corrected chi connectivity index (χ0v) is 19.3. The summed E-state index contributed by atoms with van der Waals surface area (Å²) in [7, 11) is 2.15. The molecule has 1 aromatic heterocycles. The molecular formula is C25H35N5O2. The van der Waals surface area contributed by atoms with E-state index in [1.807, 2.05) is 18.2 Å². The van der Waals surface area contributed by atoms with Crippen molar-refractivity contribution >= 4 is 34.2 Å². The van der Waals surface area contributed by atoms with Crippen molar-refractivity contribution in [2.45, 2.75) is 57.9 Å². The zero-order valence-electron chi connectivity index (χ0n) is 19.3. The van der Waals surface area contributed by atoms with Gasteiger partial charge in [0.1, 0.15) is 5.82 Å². The fraction of sp³-hybridized carbons (Fsp3) is 0.560. The van der Waals surface area contributed by atoms with Crippen LogP contribution in [0.4, 0.5) is 11.5 Å². The monoisotopic (exact) mass is 437 g/mol. The Morgan fingerprint density at radius 2 is 1.72 bits per heavy atom. The Labute approximate surface area is 190 Å². The van der Waals surface area contributed by atoms with Crippen molar-refractivity contribution in [2.75, 3.05) is 43.4 Å². The summed E-state index contributed by atoms with van der Waals surface area (Å²) in [6.07, 6.45) is 6.14. The number of nitrogens with one attached hydrogen (secondary N) is 2. The highest BCUT2D eigenvalue weighted by molar-refractivity contribution is 5.96. The van der Waals surface area contributed by atoms with Crippen LogP contribution < -0.4 is 15.5 Å². The molecule has 2 heterocycles. The number of anilines is 2. The van der Waals surface area contributed by atoms with Crippen molar-refractivity contribution in [1.29, 1.82) is 0 Å². The van der Waals surface area contributed by atoms with E-state index in [1.165, 1.54) is 19.3 Å². The minimum Gasteiger partial charge on any atom is -0.354 e. The first kappa shape index (κ1) is 22.5. The minimum atomic E-state index is -0.136. The molecule has 0 bridgehead atoms. The molecule has 1 aliphatic heterocycles. The quantitative estimate of drug-likeness (QED) is 0.724. The van der Waals surface area contributed by atoms with Gasteiger partial charge >= 0.3 is 0 Å². The van der Waals surface area contributed by atoms with Crippen LogP contribution in [0.5, 0.6) is 0 Å². The van der Waals surface area contributed by atoms with E-state index < -0.39 is 0 Å². The summed E-state index contributed by atoms with van der Waals surface area (Å²) in [5.41, 5.74) is 2.82. The van der Waals surface area contributed by atoms with Crippen molar-refractivity contribution in [3.63, 3.8) is 0 Å². The smallest absolute Gasteiger partial charge is 0.224 e. The number of nitrogens with zero attached hydrogens (tertiary/aromatic N) is 3. The van der Waals surface area contributed by atoms with Crippen LogP contribution in [0.2, 0.25) is 0 Å². The molecule has 1 saturated carbocycles. The second kappa shape index (κ2) is 10.3. The first-order valence-electron chi connectivity index (χ1n) is 11.9. The van der Waals surface area contributed by atoms with Gasteiger partial charge in [0.15, 0.2) is 0 Å². The number of fused-ring (bicyclic) bond motifs is 1. The fourth-order valence-corrected chi connectivity index (χ4v) is 4.65. The van der Waals surface area contributed by atoms with Crippen LogP contribution in [-0.4, -0.2) is 61.0 Å². The van der Waals surface area contributed by atoms with Crippen LogP contribution in [-0.2, 0) is 9.59 Å². The van der Waals surface area contributed by atoms with E-state index in [0.717, 1.165) is 67.0 Å². The number of carbonyl (C=O) groups is 2. The zero-order chi connectivity index (χ0) is 22.5. The third-order valence-electron chi connectivity index (χ3n) is 6.66. The number of rotatable bonds is 6. The Bertz CT molecular complexity index is 962. The average Bonchev–Trinajstić information content (AvgIpc) is 2.79. The number of aromatic nitrogens is 1. The molecule has 7 nitrogen and oxygen atoms in total. The molecule has 2 aromatic rings. The van der Waals surface area contributed by atoms with Gasteiger partial charge in [-0.3, -0.25) is 9.59 Å². The largest absolute Gasteiger partial charge is 0.354 e. The lowest BCUT2D eigenvalue weighted by Crippen LogP contribution is -2.44. The van der Waals surface area contributed by atoms with Gasteiger partial charge in [0, 0.05) is 56.1 Å². The minimum absolute atomic E-state index is 0.0259. The van der Waals surface area contributed by atoms with Gasteiger partial charge in [-0.05, 0) is 56.6 Å². The Kier molecular flexibility index (Phi) is 7.25. The number of benzene rings is 1. The number of hydrogen-bond donors (Lipinski definition) is 2. The Hall–Kier alpha value is -2.67. The molecule has 32 heavy (non-hydrogen) atoms. The standard InChI is InChI=1S/C25H35N5O2/c1-18-16-23(30-14-12-29(2)13-15-30)28-22-9-8-20(17-21(18)22)27-25(32)11-10-24(31)26-19-6-4-3-5-7-19/h8-9,16-17,19H,3-7,10-15H2,1-2H3,(H,26,31)(H,27,32). The number of carbonyl (C=O) groups excluding carboxylic acids is 2. The molecule has 2 N–H and O–H groups in total. The SMILES string of the molecule is Cc1cc(N2CCN(C)CC2)nc2ccc(NC(=O)CCC(=O)NC3CCCCC3)cc12. The summed E-state index contributed by atoms with van der Waals surface area (Å²) >= 11 is 0. The van der Waals surface area contributed by atoms with Gasteiger partial charge in [-0.2, -0.15) is 0 Å². The number of aryl methyl sites for hydroxylation is 1. The number of hydrogen-bond acceptors (Lipinski definition) is 5. The predicted molar refractivity (Wildman–Crippen MR) is 129 cm³/mol. The summed E-state index contributed by atoms with van der Waals surface area (Å²) in [5, 5.41) is 7.05. The number of amides is 2. The summed E-state index contributed by atoms with van der Waals surface area (Å²) in [4.78, 5) is 34.1. The fourth-order valence-electron chi connectivity index (χ4n) is 4.65. The van der Waals surface area contributed by atoms with Gasteiger partial charge in [-0.25, -0.2) is 4.98 Å². The van der Waals surface area contributed by atoms with Crippen LogP contribution in [0, 0.1) is 6.92 Å². The molecule has 0 spiro atoms. The van der Waals surface area contributed by atoms with Gasteiger partial charge in [0.05, 0.1) is 5.52 Å². The highest BCUT2D eigenvalue weighted by Gasteiger charge is 2.18. The van der Waals surface area contributed by atoms with Crippen molar-refractivity contribution in [3.05, 3.63) is 29.8 Å². The van der Waals surface area contributed by atoms with E-state index in [1.54, 1.807) is 0 Å². The lowest BCUT2D eigenvalue weighted by atomic mass is 9.95. The first-order chi connectivity index (χ1) is 15.5. The normalized spacial score (nSPS) is 18.0. The van der Waals surface area contributed by atoms with Crippen molar-refractivity contribution in [1.82, 2.24) is 15.2 Å². The molecule has 4 rings (SSSR count). The lowest BCUT2D eigenvalue weighted by Gasteiger charge is -2.33. The Morgan fingerprint density at radius 1 is 1.00 bits per heavy atom. The number of piperazine rings is 1. The van der Waals surface area contributed by atoms with Crippen molar-refractivity contribution in [2.24, 2.45) is 0 Å². The second-order valence-corrected chi connectivity index (χ2v) is 9.27. The molecule has 0 radical (unpaired) electrons. The van der Waals surface area contributed by atoms with Crippen LogP contribution >= 0.6 is 0 Å². The molecule has 2 fully saturated rings. The van der Waals surface area contributed by atoms with E-state index >= 15 is 0 Å². The van der Waals surface area contributed by atoms with Gasteiger partial charge in [0.25, 0.3) is 0 Å². The summed E-state index contributed by atoms with van der Waals surface area (Å²) in [5.74, 6) is 0.855. The van der Waals surface area contributed by atoms with Gasteiger partial charge < -0.3 is 20.4 Å². The molecule has 1 aromatic carbocycles. The van der Waals surface area contributed by atoms with Crippen LogP contribution in [0.25, 0.3) is 10.9 Å². The van der Waals surface area contributed by atoms with Crippen LogP contribution in [0.15, 0.2) is 24.3 Å². The van der Waals surface area contributed by atoms with Gasteiger partial charge in [-0.15, -0.1) is 0 Å². The topological polar surface area (TPSA) is 77.6 Å². The Morgan fingerprint density at radius 3 is 2.47 bits per heavy atom. The van der Waals surface area contributed by atoms with E-state index in [4.69, 9.17) is 4.98 Å². The molecule has 2 amide bonds. The van der Waals surface area contributed by atoms with Crippen LogP contribution in [0.3, 0.4) is 0 Å². The van der Waals surface area contributed by atoms with Crippen molar-refractivity contribution < 1.29 is 9.59 Å². The second-order valence-electron chi connectivity index (χ2n) is 9.27. The molecule has 7 heteroatoms. The van der Waals surface area contributed by atoms with Gasteiger partial charge in [0.2, 0.25) is 11.8 Å². The average molecular weight is 438 g/mol. The molecule has 1 saturated heterocycles. The first-order valence-corrected chi connectivity index (χ1v) is 11.9.